The van der Waals surface area contributed by atoms with Gasteiger partial charge in [0.05, 0.1) is 0 Å². The zero-order valence-corrected chi connectivity index (χ0v) is 9.91. The van der Waals surface area contributed by atoms with Gasteiger partial charge in [0.15, 0.2) is 23.8 Å². The third kappa shape index (κ3) is 4.39. The van der Waals surface area contributed by atoms with E-state index in [-0.39, 0.29) is 0 Å². The first-order chi connectivity index (χ1) is 8.59. The van der Waals surface area contributed by atoms with Gasteiger partial charge in [-0.25, -0.2) is 9.59 Å². The molecule has 0 saturated carbocycles. The van der Waals surface area contributed by atoms with Gasteiger partial charge in [-0.15, -0.1) is 0 Å². The SMILES string of the molecule is CC(=O)C(OC(C(C)=O)C(=O)C(=O)O)C(=O)C(=O)O. The Labute approximate surface area is 106 Å². The molecule has 2 unspecified atom stereocenters. The topological polar surface area (TPSA) is 152 Å². The highest BCUT2D eigenvalue weighted by molar-refractivity contribution is 6.40. The van der Waals surface area contributed by atoms with E-state index in [1.54, 1.807) is 0 Å². The van der Waals surface area contributed by atoms with Crippen molar-refractivity contribution in [3.63, 3.8) is 0 Å². The van der Waals surface area contributed by atoms with Crippen LogP contribution < -0.4 is 0 Å². The summed E-state index contributed by atoms with van der Waals surface area (Å²) in [6.07, 6.45) is -4.43. The van der Waals surface area contributed by atoms with Gasteiger partial charge in [-0.05, 0) is 13.8 Å². The van der Waals surface area contributed by atoms with Crippen molar-refractivity contribution >= 4 is 35.1 Å². The van der Waals surface area contributed by atoms with Gasteiger partial charge in [-0.3, -0.25) is 19.2 Å². The Morgan fingerprint density at radius 3 is 1.16 bits per heavy atom. The molecular formula is C10H10O9. The first-order valence-electron chi connectivity index (χ1n) is 4.80. The van der Waals surface area contributed by atoms with Crippen LogP contribution in [0, 0.1) is 0 Å². The number of carboxylic acids is 2. The van der Waals surface area contributed by atoms with E-state index >= 15 is 0 Å². The van der Waals surface area contributed by atoms with Crippen LogP contribution in [0.25, 0.3) is 0 Å². The number of Topliss-reactive ketones (excluding diaryl/α,β-unsaturated/α-hetero) is 4. The number of rotatable bonds is 8. The Balaban J connectivity index is 5.29. The van der Waals surface area contributed by atoms with Crippen LogP contribution in [0.1, 0.15) is 13.8 Å². The van der Waals surface area contributed by atoms with Crippen LogP contribution in [-0.2, 0) is 33.5 Å². The van der Waals surface area contributed by atoms with E-state index in [2.05, 4.69) is 4.74 Å². The lowest BCUT2D eigenvalue weighted by Crippen LogP contribution is -2.45. The molecule has 2 N–H and O–H groups in total. The van der Waals surface area contributed by atoms with Crippen LogP contribution in [0.3, 0.4) is 0 Å². The van der Waals surface area contributed by atoms with Gasteiger partial charge < -0.3 is 14.9 Å². The van der Waals surface area contributed by atoms with Crippen molar-refractivity contribution in [1.29, 1.82) is 0 Å². The van der Waals surface area contributed by atoms with E-state index in [0.717, 1.165) is 13.8 Å². The molecule has 0 aromatic rings. The minimum Gasteiger partial charge on any atom is -0.475 e. The van der Waals surface area contributed by atoms with E-state index < -0.39 is 47.3 Å². The summed E-state index contributed by atoms with van der Waals surface area (Å²) in [5, 5.41) is 16.9. The van der Waals surface area contributed by atoms with Gasteiger partial charge >= 0.3 is 11.9 Å². The Morgan fingerprint density at radius 2 is 1.00 bits per heavy atom. The first kappa shape index (κ1) is 16.6. The Morgan fingerprint density at radius 1 is 0.737 bits per heavy atom. The molecule has 9 nitrogen and oxygen atoms in total. The molecule has 0 rings (SSSR count). The molecule has 9 heteroatoms. The maximum atomic E-state index is 11.1. The van der Waals surface area contributed by atoms with Gasteiger partial charge in [0.25, 0.3) is 11.6 Å². The number of carbonyl (C=O) groups is 6. The predicted octanol–water partition coefficient (Wildman–Crippen LogP) is -1.77. The molecule has 0 heterocycles. The molecule has 19 heavy (non-hydrogen) atoms. The largest absolute Gasteiger partial charge is 0.475 e. The minimum atomic E-state index is -2.21. The second kappa shape index (κ2) is 6.50. The van der Waals surface area contributed by atoms with E-state index in [0.29, 0.717) is 0 Å². The molecule has 104 valence electrons. The van der Waals surface area contributed by atoms with E-state index in [1.165, 1.54) is 0 Å². The highest BCUT2D eigenvalue weighted by Crippen LogP contribution is 2.06. The number of carboxylic acid groups (broad SMARTS) is 2. The number of hydrogen-bond acceptors (Lipinski definition) is 7. The monoisotopic (exact) mass is 274 g/mol. The van der Waals surface area contributed by atoms with Gasteiger partial charge in [0.1, 0.15) is 0 Å². The fourth-order valence-electron chi connectivity index (χ4n) is 1.04. The second-order valence-electron chi connectivity index (χ2n) is 3.46. The van der Waals surface area contributed by atoms with Gasteiger partial charge in [-0.1, -0.05) is 0 Å². The summed E-state index contributed by atoms with van der Waals surface area (Å²) in [7, 11) is 0. The zero-order valence-electron chi connectivity index (χ0n) is 9.91. The molecule has 2 atom stereocenters. The maximum Gasteiger partial charge on any atom is 0.375 e. The van der Waals surface area contributed by atoms with Crippen LogP contribution in [0.2, 0.25) is 0 Å². The van der Waals surface area contributed by atoms with Crippen LogP contribution >= 0.6 is 0 Å². The third-order valence-electron chi connectivity index (χ3n) is 1.91. The van der Waals surface area contributed by atoms with Crippen LogP contribution in [0.15, 0.2) is 0 Å². The van der Waals surface area contributed by atoms with Crippen LogP contribution in [-0.4, -0.2) is 57.5 Å². The maximum absolute atomic E-state index is 11.1. The molecule has 0 saturated heterocycles. The average molecular weight is 274 g/mol. The number of ether oxygens (including phenoxy) is 1. The molecule has 0 aliphatic rings. The lowest BCUT2D eigenvalue weighted by Gasteiger charge is -2.16. The number of carbonyl (C=O) groups excluding carboxylic acids is 4. The summed E-state index contributed by atoms with van der Waals surface area (Å²) in [5.74, 6) is -9.56. The molecule has 0 spiro atoms. The molecule has 0 aliphatic heterocycles. The van der Waals surface area contributed by atoms with Crippen molar-refractivity contribution in [2.75, 3.05) is 0 Å². The van der Waals surface area contributed by atoms with E-state index in [9.17, 15) is 28.8 Å². The van der Waals surface area contributed by atoms with Crippen molar-refractivity contribution in [2.45, 2.75) is 26.1 Å². The summed E-state index contributed by atoms with van der Waals surface area (Å²) < 4.78 is 4.46. The van der Waals surface area contributed by atoms with Crippen molar-refractivity contribution in [1.82, 2.24) is 0 Å². The molecular weight excluding hydrogens is 264 g/mol. The Hall–Kier alpha value is -2.42. The highest BCUT2D eigenvalue weighted by atomic mass is 16.5. The molecule has 0 radical (unpaired) electrons. The van der Waals surface area contributed by atoms with Gasteiger partial charge in [-0.2, -0.15) is 0 Å². The molecule has 0 aromatic carbocycles. The fraction of sp³-hybridized carbons (Fsp3) is 0.400. The minimum absolute atomic E-state index is 0.800. The normalized spacial score (nSPS) is 13.2. The summed E-state index contributed by atoms with van der Waals surface area (Å²) >= 11 is 0. The predicted molar refractivity (Wildman–Crippen MR) is 55.3 cm³/mol. The number of aliphatic carboxylic acids is 2. The zero-order chi connectivity index (χ0) is 15.3. The van der Waals surface area contributed by atoms with Crippen molar-refractivity contribution < 1.29 is 43.7 Å². The van der Waals surface area contributed by atoms with Crippen molar-refractivity contribution in [3.05, 3.63) is 0 Å². The summed E-state index contributed by atoms with van der Waals surface area (Å²) in [6.45, 7) is 1.60. The number of hydrogen-bond donors (Lipinski definition) is 2. The Kier molecular flexibility index (Phi) is 5.67. The van der Waals surface area contributed by atoms with Crippen molar-refractivity contribution in [2.24, 2.45) is 0 Å². The third-order valence-corrected chi connectivity index (χ3v) is 1.91. The van der Waals surface area contributed by atoms with E-state index in [4.69, 9.17) is 10.2 Å². The van der Waals surface area contributed by atoms with E-state index in [1.807, 2.05) is 0 Å². The average Bonchev–Trinajstić information content (AvgIpc) is 2.27. The molecule has 0 fully saturated rings. The lowest BCUT2D eigenvalue weighted by molar-refractivity contribution is -0.167. The number of ketones is 4. The second-order valence-corrected chi connectivity index (χ2v) is 3.46. The first-order valence-corrected chi connectivity index (χ1v) is 4.80. The molecule has 0 bridgehead atoms. The van der Waals surface area contributed by atoms with Gasteiger partial charge in [0, 0.05) is 0 Å². The summed E-state index contributed by atoms with van der Waals surface area (Å²) in [4.78, 5) is 65.2. The van der Waals surface area contributed by atoms with Gasteiger partial charge in [0.2, 0.25) is 0 Å². The highest BCUT2D eigenvalue weighted by Gasteiger charge is 2.38. The Bertz CT molecular complexity index is 420. The smallest absolute Gasteiger partial charge is 0.375 e. The van der Waals surface area contributed by atoms with Crippen LogP contribution in [0.5, 0.6) is 0 Å². The van der Waals surface area contributed by atoms with Crippen molar-refractivity contribution in [3.8, 4) is 0 Å². The summed E-state index contributed by atoms with van der Waals surface area (Å²) in [5.41, 5.74) is 0. The summed E-state index contributed by atoms with van der Waals surface area (Å²) in [6, 6.07) is 0. The molecule has 0 aliphatic carbocycles. The molecule has 0 aromatic heterocycles. The fourth-order valence-corrected chi connectivity index (χ4v) is 1.04. The lowest BCUT2D eigenvalue weighted by atomic mass is 10.1. The van der Waals surface area contributed by atoms with Crippen LogP contribution in [0.4, 0.5) is 0 Å². The molecule has 0 amide bonds. The standard InChI is InChI=1S/C10H10O9/c1-3(11)7(5(13)9(15)16)19-8(4(2)12)6(14)10(17)18/h7-8H,1-2H3,(H,15,16)(H,17,18). The quantitative estimate of drug-likeness (QED) is 0.386.